The Bertz CT molecular complexity index is 525. The van der Waals surface area contributed by atoms with Gasteiger partial charge in [0, 0.05) is 26.1 Å². The van der Waals surface area contributed by atoms with E-state index < -0.39 is 0 Å². The maximum absolute atomic E-state index is 12.4. The molecule has 1 aliphatic heterocycles. The van der Waals surface area contributed by atoms with Crippen LogP contribution < -0.4 is 5.32 Å². The molecule has 0 radical (unpaired) electrons. The van der Waals surface area contributed by atoms with E-state index in [9.17, 15) is 9.59 Å². The van der Waals surface area contributed by atoms with E-state index in [1.54, 1.807) is 11.2 Å². The first-order valence-corrected chi connectivity index (χ1v) is 8.13. The van der Waals surface area contributed by atoms with Crippen molar-refractivity contribution in [2.24, 2.45) is 11.8 Å². The SMILES string of the molecule is CC(C)CN1CC(C(=O)NCC(c2ccco2)N(C)C)CC1=O. The van der Waals surface area contributed by atoms with Gasteiger partial charge in [-0.2, -0.15) is 0 Å². The lowest BCUT2D eigenvalue weighted by Crippen LogP contribution is -2.38. The average Bonchev–Trinajstić information content (AvgIpc) is 3.09. The molecular weight excluding hydrogens is 294 g/mol. The molecule has 2 heterocycles. The van der Waals surface area contributed by atoms with E-state index in [1.807, 2.05) is 31.1 Å². The van der Waals surface area contributed by atoms with Crippen molar-refractivity contribution < 1.29 is 14.0 Å². The van der Waals surface area contributed by atoms with Crippen molar-refractivity contribution in [1.82, 2.24) is 15.1 Å². The number of amides is 2. The lowest BCUT2D eigenvalue weighted by atomic mass is 10.1. The van der Waals surface area contributed by atoms with Crippen LogP contribution in [0.25, 0.3) is 0 Å². The Morgan fingerprint density at radius 1 is 1.48 bits per heavy atom. The number of carbonyl (C=O) groups is 2. The quantitative estimate of drug-likeness (QED) is 0.826. The molecule has 6 nitrogen and oxygen atoms in total. The van der Waals surface area contributed by atoms with Crippen LogP contribution in [0.2, 0.25) is 0 Å². The van der Waals surface area contributed by atoms with Crippen molar-refractivity contribution in [1.29, 1.82) is 0 Å². The van der Waals surface area contributed by atoms with Crippen molar-refractivity contribution in [3.63, 3.8) is 0 Å². The number of nitrogens with zero attached hydrogens (tertiary/aromatic N) is 2. The molecule has 1 fully saturated rings. The number of likely N-dealkylation sites (N-methyl/N-ethyl adjacent to an activating group) is 1. The summed E-state index contributed by atoms with van der Waals surface area (Å²) in [7, 11) is 3.89. The minimum atomic E-state index is -0.249. The van der Waals surface area contributed by atoms with Crippen molar-refractivity contribution >= 4 is 11.8 Å². The predicted molar refractivity (Wildman–Crippen MR) is 87.7 cm³/mol. The van der Waals surface area contributed by atoms with Crippen LogP contribution in [0.15, 0.2) is 22.8 Å². The van der Waals surface area contributed by atoms with Crippen molar-refractivity contribution in [3.05, 3.63) is 24.2 Å². The number of hydrogen-bond acceptors (Lipinski definition) is 4. The molecule has 0 saturated carbocycles. The van der Waals surface area contributed by atoms with E-state index in [1.165, 1.54) is 0 Å². The van der Waals surface area contributed by atoms with Crippen LogP contribution in [0, 0.1) is 11.8 Å². The first-order valence-electron chi connectivity index (χ1n) is 8.13. The van der Waals surface area contributed by atoms with Crippen molar-refractivity contribution in [3.8, 4) is 0 Å². The van der Waals surface area contributed by atoms with E-state index in [2.05, 4.69) is 19.2 Å². The Balaban J connectivity index is 1.88. The van der Waals surface area contributed by atoms with Crippen LogP contribution in [0.4, 0.5) is 0 Å². The van der Waals surface area contributed by atoms with Gasteiger partial charge >= 0.3 is 0 Å². The minimum Gasteiger partial charge on any atom is -0.468 e. The van der Waals surface area contributed by atoms with E-state index in [-0.39, 0.29) is 23.8 Å². The van der Waals surface area contributed by atoms with E-state index in [0.717, 1.165) is 12.3 Å². The Hall–Kier alpha value is -1.82. The highest BCUT2D eigenvalue weighted by atomic mass is 16.3. The molecule has 128 valence electrons. The molecule has 1 aromatic heterocycles. The average molecular weight is 321 g/mol. The molecule has 1 N–H and O–H groups in total. The smallest absolute Gasteiger partial charge is 0.225 e. The Morgan fingerprint density at radius 3 is 2.78 bits per heavy atom. The van der Waals surface area contributed by atoms with E-state index in [0.29, 0.717) is 25.4 Å². The third kappa shape index (κ3) is 4.58. The topological polar surface area (TPSA) is 65.8 Å². The first-order chi connectivity index (χ1) is 10.9. The number of likely N-dealkylation sites (tertiary alicyclic amines) is 1. The standard InChI is InChI=1S/C17H27N3O3/c1-12(2)10-20-11-13(8-16(20)21)17(22)18-9-14(19(3)4)15-6-5-7-23-15/h5-7,12-14H,8-11H2,1-4H3,(H,18,22). The predicted octanol–water partition coefficient (Wildman–Crippen LogP) is 1.50. The molecule has 0 bridgehead atoms. The molecule has 23 heavy (non-hydrogen) atoms. The van der Waals surface area contributed by atoms with Gasteiger partial charge in [0.05, 0.1) is 18.2 Å². The van der Waals surface area contributed by atoms with Crippen LogP contribution in [-0.4, -0.2) is 55.3 Å². The van der Waals surface area contributed by atoms with Crippen LogP contribution in [0.1, 0.15) is 32.1 Å². The Morgan fingerprint density at radius 2 is 2.22 bits per heavy atom. The first kappa shape index (κ1) is 17.5. The monoisotopic (exact) mass is 321 g/mol. The highest BCUT2D eigenvalue weighted by molar-refractivity contribution is 5.89. The molecular formula is C17H27N3O3. The molecule has 1 aromatic rings. The Kier molecular flexibility index (Phi) is 5.82. The molecule has 0 aliphatic carbocycles. The van der Waals surface area contributed by atoms with Gasteiger partial charge in [-0.3, -0.25) is 14.5 Å². The second-order valence-electron chi connectivity index (χ2n) is 6.83. The second-order valence-corrected chi connectivity index (χ2v) is 6.83. The summed E-state index contributed by atoms with van der Waals surface area (Å²) in [5, 5.41) is 2.97. The normalized spacial score (nSPS) is 19.7. The lowest BCUT2D eigenvalue weighted by molar-refractivity contribution is -0.129. The fourth-order valence-corrected chi connectivity index (χ4v) is 2.93. The second kappa shape index (κ2) is 7.64. The van der Waals surface area contributed by atoms with Gasteiger partial charge < -0.3 is 14.6 Å². The van der Waals surface area contributed by atoms with Crippen LogP contribution >= 0.6 is 0 Å². The number of carbonyl (C=O) groups excluding carboxylic acids is 2. The van der Waals surface area contributed by atoms with Gasteiger partial charge in [-0.1, -0.05) is 13.8 Å². The minimum absolute atomic E-state index is 0.0159. The van der Waals surface area contributed by atoms with E-state index in [4.69, 9.17) is 4.42 Å². The van der Waals surface area contributed by atoms with Crippen LogP contribution in [-0.2, 0) is 9.59 Å². The summed E-state index contributed by atoms with van der Waals surface area (Å²) in [6.07, 6.45) is 1.94. The third-order valence-electron chi connectivity index (χ3n) is 4.14. The van der Waals surface area contributed by atoms with Gasteiger partial charge in [-0.15, -0.1) is 0 Å². The van der Waals surface area contributed by atoms with Gasteiger partial charge in [-0.25, -0.2) is 0 Å². The van der Waals surface area contributed by atoms with Crippen LogP contribution in [0.3, 0.4) is 0 Å². The summed E-state index contributed by atoms with van der Waals surface area (Å²) in [6, 6.07) is 3.73. The van der Waals surface area contributed by atoms with Gasteiger partial charge in [0.2, 0.25) is 11.8 Å². The zero-order valence-electron chi connectivity index (χ0n) is 14.4. The number of furan rings is 1. The third-order valence-corrected chi connectivity index (χ3v) is 4.14. The van der Waals surface area contributed by atoms with Crippen molar-refractivity contribution in [2.75, 3.05) is 33.7 Å². The molecule has 6 heteroatoms. The van der Waals surface area contributed by atoms with Gasteiger partial charge in [0.15, 0.2) is 0 Å². The largest absolute Gasteiger partial charge is 0.468 e. The molecule has 2 amide bonds. The molecule has 2 atom stereocenters. The fourth-order valence-electron chi connectivity index (χ4n) is 2.93. The van der Waals surface area contributed by atoms with Gasteiger partial charge in [0.25, 0.3) is 0 Å². The summed E-state index contributed by atoms with van der Waals surface area (Å²) in [5.74, 6) is 1.01. The molecule has 2 rings (SSSR count). The summed E-state index contributed by atoms with van der Waals surface area (Å²) in [5.41, 5.74) is 0. The van der Waals surface area contributed by atoms with Crippen molar-refractivity contribution in [2.45, 2.75) is 26.3 Å². The highest BCUT2D eigenvalue weighted by Gasteiger charge is 2.34. The number of nitrogens with one attached hydrogen (secondary N) is 1. The van der Waals surface area contributed by atoms with Gasteiger partial charge in [-0.05, 0) is 32.1 Å². The zero-order valence-corrected chi connectivity index (χ0v) is 14.4. The zero-order chi connectivity index (χ0) is 17.0. The fraction of sp³-hybridized carbons (Fsp3) is 0.647. The maximum Gasteiger partial charge on any atom is 0.225 e. The molecule has 0 spiro atoms. The summed E-state index contributed by atoms with van der Waals surface area (Å²) in [4.78, 5) is 28.2. The molecule has 0 aromatic carbocycles. The summed E-state index contributed by atoms with van der Waals surface area (Å²) >= 11 is 0. The summed E-state index contributed by atoms with van der Waals surface area (Å²) in [6.45, 7) is 5.86. The lowest BCUT2D eigenvalue weighted by Gasteiger charge is -2.23. The van der Waals surface area contributed by atoms with Gasteiger partial charge in [0.1, 0.15) is 5.76 Å². The summed E-state index contributed by atoms with van der Waals surface area (Å²) < 4.78 is 5.44. The molecule has 1 saturated heterocycles. The highest BCUT2D eigenvalue weighted by Crippen LogP contribution is 2.21. The molecule has 2 unspecified atom stereocenters. The molecule has 1 aliphatic rings. The Labute approximate surface area is 137 Å². The number of hydrogen-bond donors (Lipinski definition) is 1. The van der Waals surface area contributed by atoms with E-state index >= 15 is 0 Å². The maximum atomic E-state index is 12.4. The van der Waals surface area contributed by atoms with Crippen LogP contribution in [0.5, 0.6) is 0 Å². The number of rotatable bonds is 7.